The van der Waals surface area contributed by atoms with Gasteiger partial charge in [0.05, 0.1) is 0 Å². The lowest BCUT2D eigenvalue weighted by atomic mass is 9.71. The Balaban J connectivity index is 1.69. The number of benzene rings is 1. The zero-order valence-corrected chi connectivity index (χ0v) is 10.4. The van der Waals surface area contributed by atoms with E-state index in [2.05, 4.69) is 29.2 Å². The molecule has 2 saturated heterocycles. The number of rotatable bonds is 4. The predicted molar refractivity (Wildman–Crippen MR) is 72.2 cm³/mol. The molecule has 0 radical (unpaired) electrons. The van der Waals surface area contributed by atoms with Crippen molar-refractivity contribution in [3.8, 4) is 0 Å². The highest BCUT2D eigenvalue weighted by Crippen LogP contribution is 2.41. The molecule has 0 aromatic heterocycles. The molecule has 0 amide bonds. The Morgan fingerprint density at radius 2 is 1.94 bits per heavy atom. The molecule has 2 heterocycles. The summed E-state index contributed by atoms with van der Waals surface area (Å²) in [6, 6.07) is 9.04. The summed E-state index contributed by atoms with van der Waals surface area (Å²) in [5.74, 6) is 1.95. The van der Waals surface area contributed by atoms with Gasteiger partial charge in [0, 0.05) is 18.8 Å². The zero-order chi connectivity index (χ0) is 11.7. The maximum absolute atomic E-state index is 5.57. The lowest BCUT2D eigenvalue weighted by Gasteiger charge is -2.48. The summed E-state index contributed by atoms with van der Waals surface area (Å²) in [6.07, 6.45) is 5.16. The molecule has 4 rings (SSSR count). The topological polar surface area (TPSA) is 29.3 Å². The molecule has 2 heteroatoms. The van der Waals surface area contributed by atoms with Crippen LogP contribution in [0.15, 0.2) is 24.3 Å². The van der Waals surface area contributed by atoms with Gasteiger partial charge in [-0.15, -0.1) is 0 Å². The van der Waals surface area contributed by atoms with E-state index in [0.29, 0.717) is 0 Å². The van der Waals surface area contributed by atoms with Gasteiger partial charge in [-0.3, -0.25) is 0 Å². The number of piperidine rings is 2. The SMILES string of the molecule is NCCCc1cccc(N2CC3CC(C3)C2)c1. The van der Waals surface area contributed by atoms with E-state index in [4.69, 9.17) is 5.73 Å². The first-order valence-electron chi connectivity index (χ1n) is 6.89. The summed E-state index contributed by atoms with van der Waals surface area (Å²) in [5.41, 5.74) is 8.43. The van der Waals surface area contributed by atoms with Crippen LogP contribution in [0.3, 0.4) is 0 Å². The first-order chi connectivity index (χ1) is 8.35. The predicted octanol–water partition coefficient (Wildman–Crippen LogP) is 2.42. The van der Waals surface area contributed by atoms with Crippen LogP contribution >= 0.6 is 0 Å². The minimum atomic E-state index is 0.790. The van der Waals surface area contributed by atoms with Crippen molar-refractivity contribution in [2.24, 2.45) is 17.6 Å². The average Bonchev–Trinajstić information content (AvgIpc) is 2.36. The van der Waals surface area contributed by atoms with E-state index in [1.165, 1.54) is 37.2 Å². The van der Waals surface area contributed by atoms with Gasteiger partial charge in [-0.05, 0) is 61.8 Å². The fourth-order valence-electron chi connectivity index (χ4n) is 3.30. The van der Waals surface area contributed by atoms with Crippen LogP contribution in [0, 0.1) is 11.8 Å². The summed E-state index contributed by atoms with van der Waals surface area (Å²) < 4.78 is 0. The van der Waals surface area contributed by atoms with Gasteiger partial charge in [-0.2, -0.15) is 0 Å². The maximum atomic E-state index is 5.57. The number of nitrogens with two attached hydrogens (primary N) is 1. The van der Waals surface area contributed by atoms with Crippen molar-refractivity contribution in [1.82, 2.24) is 0 Å². The van der Waals surface area contributed by atoms with Crippen LogP contribution in [0.1, 0.15) is 24.8 Å². The Bertz CT molecular complexity index is 372. The Hall–Kier alpha value is -1.02. The van der Waals surface area contributed by atoms with Gasteiger partial charge < -0.3 is 10.6 Å². The standard InChI is InChI=1S/C15H22N2/c16-6-2-4-12-3-1-5-15(9-12)17-10-13-7-14(8-13)11-17/h1,3,5,9,13-14H,2,4,6-8,10-11,16H2. The van der Waals surface area contributed by atoms with Gasteiger partial charge in [0.25, 0.3) is 0 Å². The van der Waals surface area contributed by atoms with Gasteiger partial charge in [0.2, 0.25) is 0 Å². The minimum absolute atomic E-state index is 0.790. The monoisotopic (exact) mass is 230 g/mol. The van der Waals surface area contributed by atoms with Gasteiger partial charge >= 0.3 is 0 Å². The summed E-state index contributed by atoms with van der Waals surface area (Å²) in [7, 11) is 0. The molecule has 0 atom stereocenters. The van der Waals surface area contributed by atoms with Crippen LogP contribution in [0.2, 0.25) is 0 Å². The molecule has 3 aliphatic rings. The van der Waals surface area contributed by atoms with Gasteiger partial charge in [-0.1, -0.05) is 12.1 Å². The van der Waals surface area contributed by atoms with Crippen molar-refractivity contribution in [3.05, 3.63) is 29.8 Å². The third-order valence-corrected chi connectivity index (χ3v) is 4.24. The van der Waals surface area contributed by atoms with Crippen LogP contribution in [-0.2, 0) is 6.42 Å². The molecule has 92 valence electrons. The molecular formula is C15H22N2. The van der Waals surface area contributed by atoms with Gasteiger partial charge in [0.15, 0.2) is 0 Å². The molecule has 2 N–H and O–H groups in total. The van der Waals surface area contributed by atoms with E-state index in [1.54, 1.807) is 0 Å². The van der Waals surface area contributed by atoms with Crippen LogP contribution < -0.4 is 10.6 Å². The molecule has 1 aromatic carbocycles. The highest BCUT2D eigenvalue weighted by atomic mass is 15.2. The summed E-state index contributed by atoms with van der Waals surface area (Å²) in [4.78, 5) is 2.58. The van der Waals surface area contributed by atoms with E-state index in [0.717, 1.165) is 31.2 Å². The lowest BCUT2D eigenvalue weighted by molar-refractivity contribution is 0.159. The second-order valence-corrected chi connectivity index (χ2v) is 5.67. The third kappa shape index (κ3) is 2.32. The van der Waals surface area contributed by atoms with Crippen molar-refractivity contribution in [3.63, 3.8) is 0 Å². The molecule has 0 spiro atoms. The van der Waals surface area contributed by atoms with Crippen molar-refractivity contribution in [2.75, 3.05) is 24.5 Å². The average molecular weight is 230 g/mol. The lowest BCUT2D eigenvalue weighted by Crippen LogP contribution is -2.48. The number of hydrogen-bond donors (Lipinski definition) is 1. The molecule has 0 unspecified atom stereocenters. The van der Waals surface area contributed by atoms with E-state index in [-0.39, 0.29) is 0 Å². The van der Waals surface area contributed by atoms with Crippen molar-refractivity contribution >= 4 is 5.69 Å². The quantitative estimate of drug-likeness (QED) is 0.860. The normalized spacial score (nSPS) is 26.8. The molecule has 1 aliphatic carbocycles. The fraction of sp³-hybridized carbons (Fsp3) is 0.600. The van der Waals surface area contributed by atoms with Gasteiger partial charge in [0.1, 0.15) is 0 Å². The molecule has 2 aliphatic heterocycles. The second kappa shape index (κ2) is 4.69. The van der Waals surface area contributed by atoms with Crippen molar-refractivity contribution in [2.45, 2.75) is 25.7 Å². The van der Waals surface area contributed by atoms with Crippen molar-refractivity contribution in [1.29, 1.82) is 0 Å². The van der Waals surface area contributed by atoms with E-state index < -0.39 is 0 Å². The molecular weight excluding hydrogens is 208 g/mol. The fourth-order valence-corrected chi connectivity index (χ4v) is 3.30. The van der Waals surface area contributed by atoms with Gasteiger partial charge in [-0.25, -0.2) is 0 Å². The molecule has 1 aromatic rings. The number of fused-ring (bicyclic) bond motifs is 2. The summed E-state index contributed by atoms with van der Waals surface area (Å²) in [6.45, 7) is 3.34. The smallest absolute Gasteiger partial charge is 0.0369 e. The highest BCUT2D eigenvalue weighted by Gasteiger charge is 2.36. The zero-order valence-electron chi connectivity index (χ0n) is 10.4. The number of nitrogens with zero attached hydrogens (tertiary/aromatic N) is 1. The third-order valence-electron chi connectivity index (χ3n) is 4.24. The number of aryl methyl sites for hydroxylation is 1. The Morgan fingerprint density at radius 1 is 1.18 bits per heavy atom. The Labute approximate surface area is 104 Å². The Morgan fingerprint density at radius 3 is 2.65 bits per heavy atom. The van der Waals surface area contributed by atoms with E-state index >= 15 is 0 Å². The summed E-state index contributed by atoms with van der Waals surface area (Å²) >= 11 is 0. The van der Waals surface area contributed by atoms with Crippen LogP contribution in [0.5, 0.6) is 0 Å². The van der Waals surface area contributed by atoms with Crippen LogP contribution in [0.4, 0.5) is 5.69 Å². The van der Waals surface area contributed by atoms with Crippen molar-refractivity contribution < 1.29 is 0 Å². The number of hydrogen-bond acceptors (Lipinski definition) is 2. The first-order valence-corrected chi connectivity index (χ1v) is 6.89. The number of anilines is 1. The first kappa shape index (κ1) is 11.1. The largest absolute Gasteiger partial charge is 0.371 e. The van der Waals surface area contributed by atoms with Crippen LogP contribution in [-0.4, -0.2) is 19.6 Å². The van der Waals surface area contributed by atoms with Crippen LogP contribution in [0.25, 0.3) is 0 Å². The Kier molecular flexibility index (Phi) is 3.06. The van der Waals surface area contributed by atoms with E-state index in [9.17, 15) is 0 Å². The molecule has 1 saturated carbocycles. The minimum Gasteiger partial charge on any atom is -0.371 e. The second-order valence-electron chi connectivity index (χ2n) is 5.67. The highest BCUT2D eigenvalue weighted by molar-refractivity contribution is 5.49. The molecule has 2 nitrogen and oxygen atoms in total. The molecule has 3 fully saturated rings. The molecule has 2 bridgehead atoms. The molecule has 17 heavy (non-hydrogen) atoms. The maximum Gasteiger partial charge on any atom is 0.0369 e. The summed E-state index contributed by atoms with van der Waals surface area (Å²) in [5, 5.41) is 0. The van der Waals surface area contributed by atoms with E-state index in [1.807, 2.05) is 0 Å².